The van der Waals surface area contributed by atoms with E-state index in [2.05, 4.69) is 15.5 Å². The lowest BCUT2D eigenvalue weighted by Crippen LogP contribution is -2.43. The van der Waals surface area contributed by atoms with Gasteiger partial charge in [-0.2, -0.15) is 9.40 Å². The van der Waals surface area contributed by atoms with Gasteiger partial charge in [0.2, 0.25) is 15.9 Å². The van der Waals surface area contributed by atoms with Crippen LogP contribution in [0.15, 0.2) is 47.4 Å². The van der Waals surface area contributed by atoms with E-state index in [4.69, 9.17) is 0 Å². The van der Waals surface area contributed by atoms with Gasteiger partial charge in [-0.15, -0.1) is 11.3 Å². The standard InChI is InChI=1S/C20H22N4O3S2/c1-13-5-8-15(9-6-13)29(26,27)24-11-3-4-17(24)20(25)21-19-12-16(22-23-19)18-10-7-14(2)28-18/h5-10,12,17H,3-4,11H2,1-2H3,(H2,21,22,23,25)/t17-/m0/s1. The SMILES string of the molecule is Cc1ccc(S(=O)(=O)N2CCC[C@H]2C(=O)Nc2cc(-c3ccc(C)s3)[nH]n2)cc1. The van der Waals surface area contributed by atoms with E-state index in [1.54, 1.807) is 41.7 Å². The van der Waals surface area contributed by atoms with Crippen LogP contribution < -0.4 is 5.32 Å². The van der Waals surface area contributed by atoms with Crippen molar-refractivity contribution in [3.05, 3.63) is 52.9 Å². The number of aromatic nitrogens is 2. The third kappa shape index (κ3) is 3.98. The molecule has 3 aromatic rings. The summed E-state index contributed by atoms with van der Waals surface area (Å²) < 4.78 is 27.4. The molecule has 1 saturated heterocycles. The second kappa shape index (κ2) is 7.74. The summed E-state index contributed by atoms with van der Waals surface area (Å²) in [5.41, 5.74) is 1.80. The summed E-state index contributed by atoms with van der Waals surface area (Å²) in [7, 11) is -3.73. The molecule has 7 nitrogen and oxygen atoms in total. The maximum absolute atomic E-state index is 13.0. The number of nitrogens with one attached hydrogen (secondary N) is 2. The van der Waals surface area contributed by atoms with Gasteiger partial charge in [0.15, 0.2) is 5.82 Å². The first-order valence-electron chi connectivity index (χ1n) is 9.36. The summed E-state index contributed by atoms with van der Waals surface area (Å²) in [5, 5.41) is 9.83. The monoisotopic (exact) mass is 430 g/mol. The van der Waals surface area contributed by atoms with Gasteiger partial charge in [-0.3, -0.25) is 9.89 Å². The molecule has 1 fully saturated rings. The molecule has 0 aliphatic carbocycles. The first-order chi connectivity index (χ1) is 13.8. The van der Waals surface area contributed by atoms with Crippen molar-refractivity contribution >= 4 is 33.1 Å². The maximum atomic E-state index is 13.0. The van der Waals surface area contributed by atoms with Crippen molar-refractivity contribution < 1.29 is 13.2 Å². The van der Waals surface area contributed by atoms with Crippen LogP contribution in [0.3, 0.4) is 0 Å². The van der Waals surface area contributed by atoms with Gasteiger partial charge >= 0.3 is 0 Å². The zero-order valence-electron chi connectivity index (χ0n) is 16.2. The van der Waals surface area contributed by atoms with Crippen molar-refractivity contribution in [1.29, 1.82) is 0 Å². The number of amides is 1. The highest BCUT2D eigenvalue weighted by molar-refractivity contribution is 7.89. The van der Waals surface area contributed by atoms with E-state index < -0.39 is 16.1 Å². The van der Waals surface area contributed by atoms with Crippen LogP contribution in [0.5, 0.6) is 0 Å². The number of aromatic amines is 1. The Bertz CT molecular complexity index is 1130. The minimum absolute atomic E-state index is 0.206. The number of rotatable bonds is 5. The van der Waals surface area contributed by atoms with Crippen molar-refractivity contribution in [1.82, 2.24) is 14.5 Å². The molecule has 1 amide bonds. The number of carbonyl (C=O) groups excluding carboxylic acids is 1. The van der Waals surface area contributed by atoms with Crippen LogP contribution in [-0.2, 0) is 14.8 Å². The molecular weight excluding hydrogens is 408 g/mol. The van der Waals surface area contributed by atoms with Crippen molar-refractivity contribution in [2.45, 2.75) is 37.6 Å². The molecule has 3 heterocycles. The van der Waals surface area contributed by atoms with Crippen LogP contribution in [-0.4, -0.2) is 41.4 Å². The largest absolute Gasteiger partial charge is 0.308 e. The Kier molecular flexibility index (Phi) is 5.28. The third-order valence-electron chi connectivity index (χ3n) is 4.97. The summed E-state index contributed by atoms with van der Waals surface area (Å²) in [5.74, 6) is 0.0224. The molecule has 29 heavy (non-hydrogen) atoms. The van der Waals surface area contributed by atoms with Crippen molar-refractivity contribution in [2.24, 2.45) is 0 Å². The van der Waals surface area contributed by atoms with Crippen LogP contribution >= 0.6 is 11.3 Å². The number of nitrogens with zero attached hydrogens (tertiary/aromatic N) is 2. The molecule has 1 aromatic carbocycles. The number of H-pyrrole nitrogens is 1. The molecule has 0 spiro atoms. The number of hydrogen-bond donors (Lipinski definition) is 2. The zero-order chi connectivity index (χ0) is 20.6. The Hall–Kier alpha value is -2.49. The first-order valence-corrected chi connectivity index (χ1v) is 11.6. The van der Waals surface area contributed by atoms with Gasteiger partial charge in [0.1, 0.15) is 6.04 Å². The molecule has 1 aliphatic heterocycles. The summed E-state index contributed by atoms with van der Waals surface area (Å²) in [6, 6.07) is 11.7. The first kappa shape index (κ1) is 19.8. The number of sulfonamides is 1. The van der Waals surface area contributed by atoms with Gasteiger partial charge in [-0.05, 0) is 51.0 Å². The fourth-order valence-corrected chi connectivity index (χ4v) is 5.93. The molecule has 2 N–H and O–H groups in total. The van der Waals surface area contributed by atoms with E-state index in [0.717, 1.165) is 16.1 Å². The highest BCUT2D eigenvalue weighted by atomic mass is 32.2. The number of aryl methyl sites for hydroxylation is 2. The molecule has 9 heteroatoms. The lowest BCUT2D eigenvalue weighted by molar-refractivity contribution is -0.119. The predicted octanol–water partition coefficient (Wildman–Crippen LogP) is 3.55. The fourth-order valence-electron chi connectivity index (χ4n) is 3.44. The lowest BCUT2D eigenvalue weighted by atomic mass is 10.2. The maximum Gasteiger partial charge on any atom is 0.244 e. The van der Waals surface area contributed by atoms with Crippen LogP contribution in [0.2, 0.25) is 0 Å². The van der Waals surface area contributed by atoms with Crippen LogP contribution in [0, 0.1) is 13.8 Å². The number of benzene rings is 1. The number of hydrogen-bond acceptors (Lipinski definition) is 5. The molecule has 0 saturated carbocycles. The number of thiophene rings is 1. The van der Waals surface area contributed by atoms with Gasteiger partial charge in [0.25, 0.3) is 0 Å². The fraction of sp³-hybridized carbons (Fsp3) is 0.300. The van der Waals surface area contributed by atoms with Gasteiger partial charge in [0.05, 0.1) is 15.5 Å². The second-order valence-corrected chi connectivity index (χ2v) is 10.3. The highest BCUT2D eigenvalue weighted by Gasteiger charge is 2.39. The number of anilines is 1. The quantitative estimate of drug-likeness (QED) is 0.647. The van der Waals surface area contributed by atoms with Crippen LogP contribution in [0.25, 0.3) is 10.6 Å². The average molecular weight is 431 g/mol. The average Bonchev–Trinajstić information content (AvgIpc) is 3.42. The Balaban J connectivity index is 1.51. The molecule has 0 bridgehead atoms. The smallest absolute Gasteiger partial charge is 0.244 e. The predicted molar refractivity (Wildman–Crippen MR) is 113 cm³/mol. The third-order valence-corrected chi connectivity index (χ3v) is 7.93. The van der Waals surface area contributed by atoms with E-state index in [1.165, 1.54) is 9.18 Å². The van der Waals surface area contributed by atoms with Crippen LogP contribution in [0.1, 0.15) is 23.3 Å². The molecule has 0 radical (unpaired) electrons. The van der Waals surface area contributed by atoms with Gasteiger partial charge in [-0.25, -0.2) is 8.42 Å². The normalized spacial score (nSPS) is 17.5. The Morgan fingerprint density at radius 2 is 1.97 bits per heavy atom. The van der Waals surface area contributed by atoms with Gasteiger partial charge < -0.3 is 5.32 Å². The molecule has 152 valence electrons. The molecule has 2 aromatic heterocycles. The highest BCUT2D eigenvalue weighted by Crippen LogP contribution is 2.29. The molecule has 4 rings (SSSR count). The van der Waals surface area contributed by atoms with Crippen LogP contribution in [0.4, 0.5) is 5.82 Å². The summed E-state index contributed by atoms with van der Waals surface area (Å²) in [6.07, 6.45) is 1.13. The summed E-state index contributed by atoms with van der Waals surface area (Å²) in [6.45, 7) is 4.25. The lowest BCUT2D eigenvalue weighted by Gasteiger charge is -2.23. The minimum atomic E-state index is -3.73. The van der Waals surface area contributed by atoms with Crippen molar-refractivity contribution in [3.8, 4) is 10.6 Å². The Morgan fingerprint density at radius 1 is 1.21 bits per heavy atom. The van der Waals surface area contributed by atoms with E-state index in [1.807, 2.05) is 26.0 Å². The Morgan fingerprint density at radius 3 is 2.66 bits per heavy atom. The molecule has 0 unspecified atom stereocenters. The molecule has 1 atom stereocenters. The Labute approximate surface area is 173 Å². The topological polar surface area (TPSA) is 95.2 Å². The second-order valence-electron chi connectivity index (χ2n) is 7.15. The van der Waals surface area contributed by atoms with Crippen molar-refractivity contribution in [2.75, 3.05) is 11.9 Å². The van der Waals surface area contributed by atoms with E-state index in [0.29, 0.717) is 25.2 Å². The summed E-state index contributed by atoms with van der Waals surface area (Å²) in [4.78, 5) is 15.3. The number of carbonyl (C=O) groups is 1. The van der Waals surface area contributed by atoms with E-state index in [-0.39, 0.29) is 10.8 Å². The molecular formula is C20H22N4O3S2. The van der Waals surface area contributed by atoms with E-state index in [9.17, 15) is 13.2 Å². The summed E-state index contributed by atoms with van der Waals surface area (Å²) >= 11 is 1.63. The van der Waals surface area contributed by atoms with Gasteiger partial charge in [0, 0.05) is 17.5 Å². The van der Waals surface area contributed by atoms with E-state index >= 15 is 0 Å². The zero-order valence-corrected chi connectivity index (χ0v) is 17.8. The van der Waals surface area contributed by atoms with Gasteiger partial charge in [-0.1, -0.05) is 17.7 Å². The van der Waals surface area contributed by atoms with Crippen molar-refractivity contribution in [3.63, 3.8) is 0 Å². The molecule has 1 aliphatic rings. The minimum Gasteiger partial charge on any atom is -0.308 e.